The number of rotatable bonds is 4. The Morgan fingerprint density at radius 2 is 1.68 bits per heavy atom. The number of nitrogens with one attached hydrogen (secondary N) is 1. The van der Waals surface area contributed by atoms with Crippen LogP contribution in [0.4, 0.5) is 4.39 Å². The molecule has 0 spiro atoms. The van der Waals surface area contributed by atoms with E-state index in [4.69, 9.17) is 0 Å². The van der Waals surface area contributed by atoms with Crippen LogP contribution in [0.25, 0.3) is 0 Å². The summed E-state index contributed by atoms with van der Waals surface area (Å²) < 4.78 is 41.4. The van der Waals surface area contributed by atoms with Crippen molar-refractivity contribution in [3.05, 3.63) is 30.1 Å². The zero-order valence-corrected chi connectivity index (χ0v) is 16.7. The minimum absolute atomic E-state index is 0.180. The summed E-state index contributed by atoms with van der Waals surface area (Å²) in [7, 11) is -4.03. The highest BCUT2D eigenvalue weighted by molar-refractivity contribution is 7.89. The van der Waals surface area contributed by atoms with Crippen LogP contribution in [0.15, 0.2) is 29.2 Å². The van der Waals surface area contributed by atoms with Crippen LogP contribution in [0.3, 0.4) is 0 Å². The number of carbonyl (C=O) groups is 1. The van der Waals surface area contributed by atoms with Crippen molar-refractivity contribution in [2.24, 2.45) is 23.7 Å². The van der Waals surface area contributed by atoms with E-state index in [1.54, 1.807) is 0 Å². The van der Waals surface area contributed by atoms with Crippen molar-refractivity contribution in [1.29, 1.82) is 0 Å². The van der Waals surface area contributed by atoms with E-state index >= 15 is 0 Å². The summed E-state index contributed by atoms with van der Waals surface area (Å²) in [6, 6.07) is 4.84. The molecular weight excluding hydrogens is 379 g/mol. The first-order chi connectivity index (χ1) is 13.4. The van der Waals surface area contributed by atoms with E-state index in [2.05, 4.69) is 5.32 Å². The van der Waals surface area contributed by atoms with Gasteiger partial charge in [-0.15, -0.1) is 0 Å². The SMILES string of the molecule is O=C(NC1C2CC3CC(C2)CC1C3)C1CCCN1S(=O)(=O)c1ccccc1F. The van der Waals surface area contributed by atoms with Gasteiger partial charge in [0, 0.05) is 12.6 Å². The summed E-state index contributed by atoms with van der Waals surface area (Å²) in [6.45, 7) is 0.260. The average molecular weight is 407 g/mol. The van der Waals surface area contributed by atoms with E-state index in [-0.39, 0.29) is 23.4 Å². The lowest BCUT2D eigenvalue weighted by molar-refractivity contribution is -0.128. The molecule has 1 aromatic rings. The number of benzene rings is 1. The molecule has 1 aromatic carbocycles. The number of carbonyl (C=O) groups excluding carboxylic acids is 1. The van der Waals surface area contributed by atoms with E-state index in [9.17, 15) is 17.6 Å². The molecule has 1 saturated heterocycles. The first-order valence-electron chi connectivity index (χ1n) is 10.5. The van der Waals surface area contributed by atoms with Gasteiger partial charge in [-0.3, -0.25) is 4.79 Å². The molecule has 4 bridgehead atoms. The molecule has 5 aliphatic rings. The monoisotopic (exact) mass is 406 g/mol. The molecule has 152 valence electrons. The Balaban J connectivity index is 1.34. The Labute approximate surface area is 165 Å². The van der Waals surface area contributed by atoms with Crippen LogP contribution in [0, 0.1) is 29.5 Å². The van der Waals surface area contributed by atoms with Crippen molar-refractivity contribution in [2.45, 2.75) is 61.9 Å². The zero-order valence-electron chi connectivity index (χ0n) is 15.9. The van der Waals surface area contributed by atoms with Gasteiger partial charge in [0.2, 0.25) is 15.9 Å². The van der Waals surface area contributed by atoms with Gasteiger partial charge in [-0.05, 0) is 80.8 Å². The molecule has 28 heavy (non-hydrogen) atoms. The van der Waals surface area contributed by atoms with Crippen LogP contribution < -0.4 is 5.32 Å². The van der Waals surface area contributed by atoms with Gasteiger partial charge >= 0.3 is 0 Å². The Morgan fingerprint density at radius 1 is 1.04 bits per heavy atom. The first-order valence-corrected chi connectivity index (χ1v) is 11.9. The fourth-order valence-corrected chi connectivity index (χ4v) is 8.21. The van der Waals surface area contributed by atoms with Crippen molar-refractivity contribution in [2.75, 3.05) is 6.54 Å². The minimum atomic E-state index is -4.03. The fraction of sp³-hybridized carbons (Fsp3) is 0.667. The number of amides is 1. The lowest BCUT2D eigenvalue weighted by Crippen LogP contribution is -2.58. The third-order valence-electron chi connectivity index (χ3n) is 7.47. The van der Waals surface area contributed by atoms with Crippen molar-refractivity contribution < 1.29 is 17.6 Å². The summed E-state index contributed by atoms with van der Waals surface area (Å²) in [5, 5.41) is 3.23. The summed E-state index contributed by atoms with van der Waals surface area (Å²) in [6.07, 6.45) is 7.24. The maximum Gasteiger partial charge on any atom is 0.246 e. The van der Waals surface area contributed by atoms with Gasteiger partial charge in [0.1, 0.15) is 16.8 Å². The molecule has 5 fully saturated rings. The predicted molar refractivity (Wildman–Crippen MR) is 102 cm³/mol. The Bertz CT molecular complexity index is 859. The standard InChI is InChI=1S/C21H27FN2O3S/c22-17-4-1-2-6-19(17)28(26,27)24-7-3-5-18(24)21(25)23-20-15-9-13-8-14(11-15)12-16(20)10-13/h1-2,4,6,13-16,18,20H,3,5,7-12H2,(H,23,25). The molecule has 4 aliphatic carbocycles. The quantitative estimate of drug-likeness (QED) is 0.836. The highest BCUT2D eigenvalue weighted by Gasteiger charge is 2.50. The topological polar surface area (TPSA) is 66.5 Å². The molecule has 1 aliphatic heterocycles. The molecule has 1 atom stereocenters. The van der Waals surface area contributed by atoms with Gasteiger partial charge in [-0.1, -0.05) is 12.1 Å². The number of nitrogens with zero attached hydrogens (tertiary/aromatic N) is 1. The summed E-state index contributed by atoms with van der Waals surface area (Å²) in [5.74, 6) is 1.75. The van der Waals surface area contributed by atoms with Crippen molar-refractivity contribution in [1.82, 2.24) is 9.62 Å². The van der Waals surface area contributed by atoms with Gasteiger partial charge in [0.05, 0.1) is 0 Å². The number of sulfonamides is 1. The van der Waals surface area contributed by atoms with Crippen LogP contribution in [-0.4, -0.2) is 37.3 Å². The third-order valence-corrected chi connectivity index (χ3v) is 9.41. The maximum absolute atomic E-state index is 14.1. The molecule has 1 amide bonds. The van der Waals surface area contributed by atoms with Gasteiger partial charge in [0.25, 0.3) is 0 Å². The normalized spacial score (nSPS) is 37.3. The summed E-state index contributed by atoms with van der Waals surface area (Å²) in [5.41, 5.74) is 0. The van der Waals surface area contributed by atoms with E-state index in [1.807, 2.05) is 0 Å². The Kier molecular flexibility index (Phi) is 4.51. The molecule has 4 saturated carbocycles. The zero-order chi connectivity index (χ0) is 19.5. The molecule has 0 aromatic heterocycles. The lowest BCUT2D eigenvalue weighted by Gasteiger charge is -2.54. The van der Waals surface area contributed by atoms with Crippen LogP contribution in [0.1, 0.15) is 44.9 Å². The summed E-state index contributed by atoms with van der Waals surface area (Å²) in [4.78, 5) is 12.8. The van der Waals surface area contributed by atoms with E-state index < -0.39 is 21.9 Å². The predicted octanol–water partition coefficient (Wildman–Crippen LogP) is 2.92. The summed E-state index contributed by atoms with van der Waals surface area (Å²) >= 11 is 0. The van der Waals surface area contributed by atoms with Crippen molar-refractivity contribution >= 4 is 15.9 Å². The second-order valence-corrected chi connectivity index (χ2v) is 11.0. The van der Waals surface area contributed by atoms with E-state index in [0.717, 1.165) is 17.9 Å². The number of hydrogen-bond acceptors (Lipinski definition) is 3. The highest BCUT2D eigenvalue weighted by Crippen LogP contribution is 2.53. The Morgan fingerprint density at radius 3 is 2.32 bits per heavy atom. The Hall–Kier alpha value is -1.47. The van der Waals surface area contributed by atoms with E-state index in [1.165, 1.54) is 54.6 Å². The molecule has 1 heterocycles. The lowest BCUT2D eigenvalue weighted by atomic mass is 9.54. The van der Waals surface area contributed by atoms with Gasteiger partial charge in [-0.25, -0.2) is 12.8 Å². The molecule has 5 nitrogen and oxygen atoms in total. The van der Waals surface area contributed by atoms with Crippen LogP contribution in [-0.2, 0) is 14.8 Å². The maximum atomic E-state index is 14.1. The van der Waals surface area contributed by atoms with Crippen LogP contribution in [0.2, 0.25) is 0 Å². The molecule has 7 heteroatoms. The number of hydrogen-bond donors (Lipinski definition) is 1. The fourth-order valence-electron chi connectivity index (χ4n) is 6.49. The largest absolute Gasteiger partial charge is 0.351 e. The van der Waals surface area contributed by atoms with E-state index in [0.29, 0.717) is 24.7 Å². The molecule has 6 rings (SSSR count). The third kappa shape index (κ3) is 2.98. The van der Waals surface area contributed by atoms with Gasteiger partial charge in [0.15, 0.2) is 0 Å². The molecular formula is C21H27FN2O3S. The average Bonchev–Trinajstić information content (AvgIpc) is 3.15. The van der Waals surface area contributed by atoms with Gasteiger partial charge < -0.3 is 5.32 Å². The second kappa shape index (κ2) is 6.80. The van der Waals surface area contributed by atoms with Crippen molar-refractivity contribution in [3.63, 3.8) is 0 Å². The van der Waals surface area contributed by atoms with Crippen LogP contribution in [0.5, 0.6) is 0 Å². The smallest absolute Gasteiger partial charge is 0.246 e. The number of halogens is 1. The van der Waals surface area contributed by atoms with Crippen molar-refractivity contribution in [3.8, 4) is 0 Å². The van der Waals surface area contributed by atoms with Crippen LogP contribution >= 0.6 is 0 Å². The molecule has 1 unspecified atom stereocenters. The minimum Gasteiger partial charge on any atom is -0.351 e. The van der Waals surface area contributed by atoms with Gasteiger partial charge in [-0.2, -0.15) is 4.31 Å². The first kappa shape index (κ1) is 18.6. The second-order valence-electron chi connectivity index (χ2n) is 9.17. The molecule has 1 N–H and O–H groups in total. The molecule has 0 radical (unpaired) electrons. The highest BCUT2D eigenvalue weighted by atomic mass is 32.2.